The SMILES string of the molecule is [Cl-].[NH3+]C[C@H]1C2CCC(CC2)[C@@H]1c1ccccc1. The lowest BCUT2D eigenvalue weighted by Crippen LogP contribution is -3.00. The molecule has 0 aliphatic heterocycles. The Kier molecular flexibility index (Phi) is 4.11. The van der Waals surface area contributed by atoms with Crippen LogP contribution in [0.3, 0.4) is 0 Å². The number of hydrogen-bond acceptors (Lipinski definition) is 0. The molecule has 4 rings (SSSR count). The van der Waals surface area contributed by atoms with Gasteiger partial charge in [-0.05, 0) is 49.0 Å². The Bertz CT molecular complexity index is 343. The number of fused-ring (bicyclic) bond motifs is 3. The van der Waals surface area contributed by atoms with E-state index in [0.717, 1.165) is 30.2 Å². The van der Waals surface area contributed by atoms with Crippen LogP contribution < -0.4 is 18.1 Å². The fourth-order valence-corrected chi connectivity index (χ4v) is 4.18. The second-order valence-corrected chi connectivity index (χ2v) is 5.56. The molecule has 0 amide bonds. The molecule has 3 aliphatic carbocycles. The molecule has 2 bridgehead atoms. The maximum atomic E-state index is 4.20. The highest BCUT2D eigenvalue weighted by molar-refractivity contribution is 5.23. The molecule has 94 valence electrons. The van der Waals surface area contributed by atoms with Gasteiger partial charge in [0.2, 0.25) is 0 Å². The zero-order valence-electron chi connectivity index (χ0n) is 10.3. The maximum absolute atomic E-state index is 4.20. The molecule has 1 nitrogen and oxygen atoms in total. The summed E-state index contributed by atoms with van der Waals surface area (Å²) < 4.78 is 0. The molecule has 1 aromatic carbocycles. The normalized spacial score (nSPS) is 35.4. The van der Waals surface area contributed by atoms with Gasteiger partial charge in [0.05, 0.1) is 6.54 Å². The lowest BCUT2D eigenvalue weighted by molar-refractivity contribution is -0.387. The molecular formula is C15H22ClN. The lowest BCUT2D eigenvalue weighted by atomic mass is 9.57. The summed E-state index contributed by atoms with van der Waals surface area (Å²) in [4.78, 5) is 0. The summed E-state index contributed by atoms with van der Waals surface area (Å²) >= 11 is 0. The smallest absolute Gasteiger partial charge is 0.0777 e. The van der Waals surface area contributed by atoms with E-state index in [-0.39, 0.29) is 12.4 Å². The van der Waals surface area contributed by atoms with Gasteiger partial charge in [0, 0.05) is 5.92 Å². The summed E-state index contributed by atoms with van der Waals surface area (Å²) in [5.74, 6) is 3.58. The van der Waals surface area contributed by atoms with Gasteiger partial charge in [-0.3, -0.25) is 0 Å². The zero-order chi connectivity index (χ0) is 11.0. The fourth-order valence-electron chi connectivity index (χ4n) is 4.18. The second kappa shape index (κ2) is 5.41. The van der Waals surface area contributed by atoms with Gasteiger partial charge in [-0.15, -0.1) is 0 Å². The first-order valence-electron chi connectivity index (χ1n) is 6.74. The van der Waals surface area contributed by atoms with Crippen LogP contribution in [-0.2, 0) is 0 Å². The molecule has 0 spiro atoms. The number of hydrogen-bond donors (Lipinski definition) is 1. The molecule has 3 fully saturated rings. The molecular weight excluding hydrogens is 230 g/mol. The maximum Gasteiger partial charge on any atom is 0.0777 e. The van der Waals surface area contributed by atoms with E-state index in [1.54, 1.807) is 5.56 Å². The van der Waals surface area contributed by atoms with Gasteiger partial charge in [0.15, 0.2) is 0 Å². The minimum atomic E-state index is 0. The summed E-state index contributed by atoms with van der Waals surface area (Å²) in [6, 6.07) is 11.2. The van der Waals surface area contributed by atoms with Crippen molar-refractivity contribution in [2.75, 3.05) is 6.54 Å². The molecule has 3 N–H and O–H groups in total. The Morgan fingerprint density at radius 1 is 0.941 bits per heavy atom. The summed E-state index contributed by atoms with van der Waals surface area (Å²) in [5.41, 5.74) is 5.78. The van der Waals surface area contributed by atoms with Crippen molar-refractivity contribution in [3.05, 3.63) is 35.9 Å². The van der Waals surface area contributed by atoms with E-state index >= 15 is 0 Å². The van der Waals surface area contributed by atoms with Gasteiger partial charge >= 0.3 is 0 Å². The number of benzene rings is 1. The third-order valence-electron chi connectivity index (χ3n) is 4.91. The molecule has 0 unspecified atom stereocenters. The van der Waals surface area contributed by atoms with E-state index in [9.17, 15) is 0 Å². The molecule has 0 aromatic heterocycles. The highest BCUT2D eigenvalue weighted by atomic mass is 35.5. The van der Waals surface area contributed by atoms with Gasteiger partial charge in [-0.2, -0.15) is 0 Å². The van der Waals surface area contributed by atoms with Gasteiger partial charge in [0.1, 0.15) is 0 Å². The summed E-state index contributed by atoms with van der Waals surface area (Å²) in [6.45, 7) is 1.13. The van der Waals surface area contributed by atoms with E-state index in [0.29, 0.717) is 0 Å². The third kappa shape index (κ3) is 2.23. The Balaban J connectivity index is 0.00000108. The molecule has 2 heteroatoms. The van der Waals surface area contributed by atoms with E-state index in [1.165, 1.54) is 25.7 Å². The average Bonchev–Trinajstić information content (AvgIpc) is 2.40. The van der Waals surface area contributed by atoms with E-state index in [2.05, 4.69) is 36.1 Å². The molecule has 3 saturated carbocycles. The van der Waals surface area contributed by atoms with Gasteiger partial charge in [-0.25, -0.2) is 0 Å². The van der Waals surface area contributed by atoms with Crippen molar-refractivity contribution in [1.29, 1.82) is 0 Å². The standard InChI is InChI=1S/C15H21N.ClH/c16-10-14-11-6-8-13(9-7-11)15(14)12-4-2-1-3-5-12;/h1-5,11,13-15H,6-10,16H2;1H/t11?,13?,14-,15-;/m0./s1. The highest BCUT2D eigenvalue weighted by Crippen LogP contribution is 2.52. The Morgan fingerprint density at radius 3 is 2.12 bits per heavy atom. The second-order valence-electron chi connectivity index (χ2n) is 5.56. The first-order valence-corrected chi connectivity index (χ1v) is 6.74. The van der Waals surface area contributed by atoms with E-state index in [4.69, 9.17) is 0 Å². The first kappa shape index (κ1) is 12.9. The quantitative estimate of drug-likeness (QED) is 0.731. The Labute approximate surface area is 110 Å². The summed E-state index contributed by atoms with van der Waals surface area (Å²) in [7, 11) is 0. The number of rotatable bonds is 2. The first-order chi connectivity index (χ1) is 7.90. The molecule has 2 atom stereocenters. The van der Waals surface area contributed by atoms with E-state index < -0.39 is 0 Å². The topological polar surface area (TPSA) is 27.6 Å². The van der Waals surface area contributed by atoms with Crippen molar-refractivity contribution in [3.63, 3.8) is 0 Å². The van der Waals surface area contributed by atoms with Crippen LogP contribution in [0.2, 0.25) is 0 Å². The largest absolute Gasteiger partial charge is 1.00 e. The fraction of sp³-hybridized carbons (Fsp3) is 0.600. The predicted molar refractivity (Wildman–Crippen MR) is 65.9 cm³/mol. The predicted octanol–water partition coefficient (Wildman–Crippen LogP) is -0.548. The van der Waals surface area contributed by atoms with Crippen LogP contribution in [0.25, 0.3) is 0 Å². The van der Waals surface area contributed by atoms with Crippen molar-refractivity contribution in [1.82, 2.24) is 0 Å². The van der Waals surface area contributed by atoms with Gasteiger partial charge < -0.3 is 18.1 Å². The van der Waals surface area contributed by atoms with Crippen molar-refractivity contribution in [3.8, 4) is 0 Å². The van der Waals surface area contributed by atoms with Crippen molar-refractivity contribution in [2.24, 2.45) is 17.8 Å². The summed E-state index contributed by atoms with van der Waals surface area (Å²) in [6.07, 6.45) is 5.85. The molecule has 0 radical (unpaired) electrons. The van der Waals surface area contributed by atoms with E-state index in [1.807, 2.05) is 0 Å². The van der Waals surface area contributed by atoms with Gasteiger partial charge in [-0.1, -0.05) is 30.3 Å². The highest BCUT2D eigenvalue weighted by Gasteiger charge is 2.44. The Morgan fingerprint density at radius 2 is 1.53 bits per heavy atom. The van der Waals surface area contributed by atoms with Crippen LogP contribution in [0.5, 0.6) is 0 Å². The molecule has 3 aliphatic rings. The van der Waals surface area contributed by atoms with Crippen molar-refractivity contribution >= 4 is 0 Å². The lowest BCUT2D eigenvalue weighted by Gasteiger charge is -2.47. The average molecular weight is 252 g/mol. The van der Waals surface area contributed by atoms with Crippen LogP contribution >= 0.6 is 0 Å². The zero-order valence-corrected chi connectivity index (χ0v) is 11.1. The minimum absolute atomic E-state index is 0. The van der Waals surface area contributed by atoms with Crippen molar-refractivity contribution < 1.29 is 18.1 Å². The van der Waals surface area contributed by atoms with Crippen LogP contribution in [0.4, 0.5) is 0 Å². The molecule has 0 saturated heterocycles. The number of quaternary nitrogens is 1. The summed E-state index contributed by atoms with van der Waals surface area (Å²) in [5, 5.41) is 0. The van der Waals surface area contributed by atoms with Crippen molar-refractivity contribution in [2.45, 2.75) is 31.6 Å². The monoisotopic (exact) mass is 251 g/mol. The third-order valence-corrected chi connectivity index (χ3v) is 4.91. The molecule has 1 aromatic rings. The number of halogens is 1. The minimum Gasteiger partial charge on any atom is -1.00 e. The van der Waals surface area contributed by atoms with Crippen LogP contribution in [0, 0.1) is 17.8 Å². The van der Waals surface area contributed by atoms with Crippen LogP contribution in [0.15, 0.2) is 30.3 Å². The Hall–Kier alpha value is -0.530. The molecule has 17 heavy (non-hydrogen) atoms. The van der Waals surface area contributed by atoms with Crippen LogP contribution in [-0.4, -0.2) is 6.54 Å². The van der Waals surface area contributed by atoms with Gasteiger partial charge in [0.25, 0.3) is 0 Å². The molecule has 0 heterocycles. The van der Waals surface area contributed by atoms with Crippen LogP contribution in [0.1, 0.15) is 37.2 Å².